The highest BCUT2D eigenvalue weighted by molar-refractivity contribution is 6.33. The lowest BCUT2D eigenvalue weighted by Gasteiger charge is -2.26. The molecule has 0 aromatic heterocycles. The molecule has 51 heavy (non-hydrogen) atoms. The van der Waals surface area contributed by atoms with Crippen LogP contribution in [0.2, 0.25) is 10.0 Å². The van der Waals surface area contributed by atoms with E-state index in [1.807, 2.05) is 0 Å². The van der Waals surface area contributed by atoms with Crippen molar-refractivity contribution in [3.05, 3.63) is 62.2 Å². The molecule has 0 amide bonds. The zero-order valence-corrected chi connectivity index (χ0v) is 27.6. The van der Waals surface area contributed by atoms with Gasteiger partial charge in [0.25, 0.3) is 0 Å². The molecule has 0 spiro atoms. The predicted molar refractivity (Wildman–Crippen MR) is 179 cm³/mol. The number of benzene rings is 3. The van der Waals surface area contributed by atoms with Crippen LogP contribution in [0.1, 0.15) is 10.4 Å². The third-order valence-electron chi connectivity index (χ3n) is 7.19. The van der Waals surface area contributed by atoms with Crippen molar-refractivity contribution in [3.8, 4) is 33.9 Å². The minimum absolute atomic E-state index is 0.0179. The molecule has 1 heterocycles. The molecular formula is C32H28Cl2N2O15. The van der Waals surface area contributed by atoms with Crippen LogP contribution in [0.3, 0.4) is 0 Å². The minimum Gasteiger partial charge on any atom is -0.506 e. The van der Waals surface area contributed by atoms with E-state index in [4.69, 9.17) is 47.3 Å². The molecule has 0 fully saturated rings. The van der Waals surface area contributed by atoms with Gasteiger partial charge < -0.3 is 49.4 Å². The number of hydrogen-bond acceptors (Lipinski definition) is 12. The molecule has 0 atom stereocenters. The number of nitrogens with zero attached hydrogens (tertiary/aromatic N) is 2. The topological polar surface area (TPSA) is 262 Å². The smallest absolute Gasteiger partial charge is 0.336 e. The fraction of sp³-hybridized carbons (Fsp3) is 0.250. The van der Waals surface area contributed by atoms with Gasteiger partial charge in [-0.25, -0.2) is 4.79 Å². The number of aromatic hydroxyl groups is 1. The molecule has 270 valence electrons. The maximum Gasteiger partial charge on any atom is 0.336 e. The summed E-state index contributed by atoms with van der Waals surface area (Å²) < 4.78 is 17.2. The summed E-state index contributed by atoms with van der Waals surface area (Å²) in [5, 5.41) is 57.6. The number of phenols is 1. The maximum absolute atomic E-state index is 12.8. The Morgan fingerprint density at radius 2 is 1.35 bits per heavy atom. The molecule has 1 aliphatic carbocycles. The van der Waals surface area contributed by atoms with Crippen molar-refractivity contribution in [1.82, 2.24) is 4.90 Å². The first-order valence-corrected chi connectivity index (χ1v) is 15.4. The van der Waals surface area contributed by atoms with E-state index in [1.165, 1.54) is 18.2 Å². The van der Waals surface area contributed by atoms with Gasteiger partial charge in [-0.15, -0.1) is 0 Å². The van der Waals surface area contributed by atoms with Gasteiger partial charge >= 0.3 is 29.8 Å². The SMILES string of the molecule is O=C(O)CN(CCOCCOc1cc(-c2c3cc(Cl)c(=O)cc-3oc3cc(O)c(Cl)cc23)c(C(=O)O)cc1N(CC(=O)O)CC(=O)O)CC(=O)O. The average Bonchev–Trinajstić information content (AvgIpc) is 3.01. The van der Waals surface area contributed by atoms with Gasteiger partial charge in [0.05, 0.1) is 47.6 Å². The molecule has 0 radical (unpaired) electrons. The van der Waals surface area contributed by atoms with Crippen molar-refractivity contribution >= 4 is 69.7 Å². The molecule has 0 saturated carbocycles. The highest BCUT2D eigenvalue weighted by Gasteiger charge is 2.28. The Kier molecular flexibility index (Phi) is 12.3. The fourth-order valence-electron chi connectivity index (χ4n) is 5.16. The second kappa shape index (κ2) is 16.4. The van der Waals surface area contributed by atoms with E-state index in [9.17, 15) is 49.2 Å². The van der Waals surface area contributed by atoms with E-state index >= 15 is 0 Å². The molecule has 0 unspecified atom stereocenters. The summed E-state index contributed by atoms with van der Waals surface area (Å²) in [7, 11) is 0. The highest BCUT2D eigenvalue weighted by Crippen LogP contribution is 2.46. The molecule has 17 nitrogen and oxygen atoms in total. The largest absolute Gasteiger partial charge is 0.506 e. The number of carboxylic acids is 5. The van der Waals surface area contributed by atoms with Crippen LogP contribution in [0, 0.1) is 0 Å². The van der Waals surface area contributed by atoms with E-state index in [-0.39, 0.29) is 87.0 Å². The summed E-state index contributed by atoms with van der Waals surface area (Å²) in [5.41, 5.74) is -1.20. The molecule has 6 N–H and O–H groups in total. The molecule has 2 aliphatic rings. The van der Waals surface area contributed by atoms with Gasteiger partial charge in [0, 0.05) is 40.8 Å². The van der Waals surface area contributed by atoms with Crippen molar-refractivity contribution in [3.63, 3.8) is 0 Å². The van der Waals surface area contributed by atoms with Crippen LogP contribution in [-0.4, -0.2) is 118 Å². The predicted octanol–water partition coefficient (Wildman–Crippen LogP) is 3.12. The normalized spacial score (nSPS) is 11.2. The van der Waals surface area contributed by atoms with E-state index < -0.39 is 67.0 Å². The molecule has 0 saturated heterocycles. The Hall–Kier alpha value is -5.62. The third-order valence-corrected chi connectivity index (χ3v) is 7.79. The highest BCUT2D eigenvalue weighted by atomic mass is 35.5. The lowest BCUT2D eigenvalue weighted by atomic mass is 9.90. The number of phenolic OH excluding ortho intramolecular Hbond substituents is 1. The van der Waals surface area contributed by atoms with E-state index in [0.717, 1.165) is 28.0 Å². The number of halogens is 2. The number of aliphatic carboxylic acids is 4. The van der Waals surface area contributed by atoms with Crippen molar-refractivity contribution in [2.24, 2.45) is 0 Å². The van der Waals surface area contributed by atoms with Gasteiger partial charge in [0.2, 0.25) is 5.43 Å². The fourth-order valence-corrected chi connectivity index (χ4v) is 5.49. The van der Waals surface area contributed by atoms with Crippen LogP contribution < -0.4 is 15.1 Å². The van der Waals surface area contributed by atoms with E-state index in [2.05, 4.69) is 0 Å². The zero-order chi connectivity index (χ0) is 37.6. The van der Waals surface area contributed by atoms with Crippen LogP contribution >= 0.6 is 23.2 Å². The third kappa shape index (κ3) is 9.55. The Bertz CT molecular complexity index is 2020. The standard InChI is InChI=1S/C32H28Cl2N2O15/c33-19-5-17-24(9-22(19)37)51-25-10-23(38)20(34)6-18(25)31(17)15-8-26(50-4-3-49-2-1-35(11-27(39)40)12-28(41)42)21(7-16(15)32(47)48)36(13-29(43)44)14-30(45)46/h5-10,37H,1-4,11-14H2,(H,39,40)(H,41,42)(H,43,44)(H,45,46)(H,47,48). The van der Waals surface area contributed by atoms with Gasteiger partial charge in [-0.1, -0.05) is 23.2 Å². The second-order valence-electron chi connectivity index (χ2n) is 10.8. The first-order valence-electron chi connectivity index (χ1n) is 14.6. The molecule has 2 aromatic rings. The number of fused-ring (bicyclic) bond motifs is 2. The van der Waals surface area contributed by atoms with Crippen LogP contribution in [-0.2, 0) is 23.9 Å². The molecule has 0 bridgehead atoms. The lowest BCUT2D eigenvalue weighted by Crippen LogP contribution is -2.37. The molecule has 4 rings (SSSR count). The number of rotatable bonds is 18. The van der Waals surface area contributed by atoms with Crippen LogP contribution in [0.15, 0.2) is 45.6 Å². The van der Waals surface area contributed by atoms with Gasteiger partial charge in [-0.05, 0) is 24.3 Å². The van der Waals surface area contributed by atoms with Crippen molar-refractivity contribution < 1.29 is 68.5 Å². The summed E-state index contributed by atoms with van der Waals surface area (Å²) in [6.45, 7) is -3.54. The molecular weight excluding hydrogens is 723 g/mol. The van der Waals surface area contributed by atoms with Crippen LogP contribution in [0.5, 0.6) is 11.5 Å². The summed E-state index contributed by atoms with van der Waals surface area (Å²) in [4.78, 5) is 72.8. The Morgan fingerprint density at radius 3 is 1.94 bits per heavy atom. The van der Waals surface area contributed by atoms with Crippen molar-refractivity contribution in [2.75, 3.05) is 57.4 Å². The number of carbonyl (C=O) groups is 5. The van der Waals surface area contributed by atoms with E-state index in [1.54, 1.807) is 0 Å². The first-order chi connectivity index (χ1) is 24.0. The monoisotopic (exact) mass is 750 g/mol. The summed E-state index contributed by atoms with van der Waals surface area (Å²) in [6, 6.07) is 6.97. The number of anilines is 1. The Balaban J connectivity index is 1.85. The average molecular weight is 751 g/mol. The molecule has 19 heteroatoms. The Morgan fingerprint density at radius 1 is 0.725 bits per heavy atom. The van der Waals surface area contributed by atoms with Crippen molar-refractivity contribution in [1.29, 1.82) is 0 Å². The second-order valence-corrected chi connectivity index (χ2v) is 11.6. The Labute approximate surface area is 296 Å². The number of ether oxygens (including phenoxy) is 2. The summed E-state index contributed by atoms with van der Waals surface area (Å²) in [5.74, 6) is -7.56. The summed E-state index contributed by atoms with van der Waals surface area (Å²) >= 11 is 12.4. The first kappa shape index (κ1) is 38.2. The van der Waals surface area contributed by atoms with Gasteiger partial charge in [-0.2, -0.15) is 0 Å². The quantitative estimate of drug-likeness (QED) is 0.0630. The van der Waals surface area contributed by atoms with Gasteiger partial charge in [-0.3, -0.25) is 28.9 Å². The van der Waals surface area contributed by atoms with Gasteiger partial charge in [0.15, 0.2) is 0 Å². The van der Waals surface area contributed by atoms with Crippen LogP contribution in [0.25, 0.3) is 33.4 Å². The van der Waals surface area contributed by atoms with Crippen LogP contribution in [0.4, 0.5) is 5.69 Å². The van der Waals surface area contributed by atoms with Gasteiger partial charge in [0.1, 0.15) is 42.5 Å². The number of carboxylic acid groups (broad SMARTS) is 5. The zero-order valence-electron chi connectivity index (χ0n) is 26.1. The molecule has 2 aromatic carbocycles. The lowest BCUT2D eigenvalue weighted by molar-refractivity contribution is -0.142. The molecule has 1 aliphatic heterocycles. The maximum atomic E-state index is 12.8. The minimum atomic E-state index is -1.53. The summed E-state index contributed by atoms with van der Waals surface area (Å²) in [6.07, 6.45) is 0. The van der Waals surface area contributed by atoms with E-state index in [0.29, 0.717) is 0 Å². The number of aromatic carboxylic acids is 1. The number of hydrogen-bond donors (Lipinski definition) is 6. The van der Waals surface area contributed by atoms with Crippen molar-refractivity contribution in [2.45, 2.75) is 0 Å².